The number of esters is 1. The summed E-state index contributed by atoms with van der Waals surface area (Å²) in [7, 11) is 1.21. The Labute approximate surface area is 291 Å². The number of nitrogens with zero attached hydrogens (tertiary/aromatic N) is 3. The lowest BCUT2D eigenvalue weighted by molar-refractivity contribution is -0.119. The van der Waals surface area contributed by atoms with Gasteiger partial charge in [0.25, 0.3) is 16.0 Å². The first kappa shape index (κ1) is 36.0. The van der Waals surface area contributed by atoms with Crippen LogP contribution in [0, 0.1) is 0 Å². The van der Waals surface area contributed by atoms with E-state index in [0.717, 1.165) is 43.1 Å². The molecule has 13 heteroatoms. The molecule has 0 aromatic heterocycles. The minimum absolute atomic E-state index is 0.0444. The van der Waals surface area contributed by atoms with Crippen LogP contribution in [0.3, 0.4) is 0 Å². The third kappa shape index (κ3) is 8.81. The third-order valence-corrected chi connectivity index (χ3v) is 9.26. The van der Waals surface area contributed by atoms with Gasteiger partial charge < -0.3 is 25.2 Å². The van der Waals surface area contributed by atoms with Crippen LogP contribution in [0.5, 0.6) is 0 Å². The summed E-state index contributed by atoms with van der Waals surface area (Å²) in [6.45, 7) is 4.09. The highest BCUT2D eigenvalue weighted by molar-refractivity contribution is 7.85. The van der Waals surface area contributed by atoms with E-state index in [1.54, 1.807) is 48.3 Å². The van der Waals surface area contributed by atoms with Crippen LogP contribution in [0.2, 0.25) is 0 Å². The number of carbonyl (C=O) groups is 3. The first-order valence-electron chi connectivity index (χ1n) is 15.9. The van der Waals surface area contributed by atoms with Crippen molar-refractivity contribution < 1.29 is 32.1 Å². The van der Waals surface area contributed by atoms with E-state index in [1.165, 1.54) is 19.2 Å². The van der Waals surface area contributed by atoms with Crippen molar-refractivity contribution in [3.8, 4) is 0 Å². The predicted molar refractivity (Wildman–Crippen MR) is 193 cm³/mol. The van der Waals surface area contributed by atoms with Gasteiger partial charge in [0.05, 0.1) is 41.1 Å². The van der Waals surface area contributed by atoms with E-state index in [0.29, 0.717) is 34.6 Å². The van der Waals surface area contributed by atoms with Crippen LogP contribution in [-0.2, 0) is 24.4 Å². The average Bonchev–Trinajstić information content (AvgIpc) is 3.46. The van der Waals surface area contributed by atoms with Crippen molar-refractivity contribution in [1.82, 2.24) is 9.80 Å². The third-order valence-electron chi connectivity index (χ3n) is 8.39. The minimum atomic E-state index is -4.00. The Bertz CT molecular complexity index is 1980. The Morgan fingerprint density at radius 1 is 0.880 bits per heavy atom. The smallest absolute Gasteiger partial charge is 0.337 e. The number of anilines is 3. The van der Waals surface area contributed by atoms with Crippen molar-refractivity contribution >= 4 is 56.2 Å². The molecule has 2 aliphatic rings. The van der Waals surface area contributed by atoms with Gasteiger partial charge in [-0.25, -0.2) is 4.79 Å². The van der Waals surface area contributed by atoms with Gasteiger partial charge in [0, 0.05) is 50.2 Å². The Kier molecular flexibility index (Phi) is 11.4. The van der Waals surface area contributed by atoms with Crippen molar-refractivity contribution in [2.75, 3.05) is 69.5 Å². The van der Waals surface area contributed by atoms with E-state index < -0.39 is 16.1 Å². The molecule has 0 saturated carbocycles. The highest BCUT2D eigenvalue weighted by atomic mass is 32.2. The van der Waals surface area contributed by atoms with E-state index in [4.69, 9.17) is 9.29 Å². The molecule has 2 heterocycles. The lowest BCUT2D eigenvalue weighted by Gasteiger charge is -2.32. The lowest BCUT2D eigenvalue weighted by atomic mass is 9.99. The zero-order valence-electron chi connectivity index (χ0n) is 28.0. The second-order valence-electron chi connectivity index (χ2n) is 11.8. The average molecular weight is 698 g/mol. The van der Waals surface area contributed by atoms with Gasteiger partial charge >= 0.3 is 5.97 Å². The fourth-order valence-corrected chi connectivity index (χ4v) is 6.00. The van der Waals surface area contributed by atoms with E-state index >= 15 is 0 Å². The number of hydrogen-bond donors (Lipinski definition) is 3. The van der Waals surface area contributed by atoms with Crippen LogP contribution >= 0.6 is 0 Å². The summed E-state index contributed by atoms with van der Waals surface area (Å²) < 4.78 is 34.1. The van der Waals surface area contributed by atoms with Crippen LogP contribution < -0.4 is 15.5 Å². The van der Waals surface area contributed by atoms with Gasteiger partial charge in [0.1, 0.15) is 0 Å². The molecule has 1 fully saturated rings. The molecule has 50 heavy (non-hydrogen) atoms. The van der Waals surface area contributed by atoms with Crippen molar-refractivity contribution in [1.29, 1.82) is 0 Å². The Morgan fingerprint density at radius 3 is 2.08 bits per heavy atom. The molecule has 1 saturated heterocycles. The molecule has 0 aliphatic carbocycles. The number of amides is 2. The van der Waals surface area contributed by atoms with E-state index in [2.05, 4.69) is 27.5 Å². The molecule has 2 amide bonds. The maximum absolute atomic E-state index is 13.2. The molecule has 2 aliphatic heterocycles. The first-order valence-corrected chi connectivity index (χ1v) is 17.3. The Hall–Kier alpha value is -5.34. The molecule has 0 bridgehead atoms. The zero-order chi connectivity index (χ0) is 35.8. The maximum Gasteiger partial charge on any atom is 0.337 e. The van der Waals surface area contributed by atoms with E-state index in [-0.39, 0.29) is 16.7 Å². The van der Waals surface area contributed by atoms with E-state index in [1.807, 2.05) is 54.6 Å². The van der Waals surface area contributed by atoms with Crippen molar-refractivity contribution in [2.24, 2.45) is 0 Å². The quantitative estimate of drug-likeness (QED) is 0.136. The van der Waals surface area contributed by atoms with Gasteiger partial charge in [-0.1, -0.05) is 54.6 Å². The summed E-state index contributed by atoms with van der Waals surface area (Å²) in [5.41, 5.74) is 5.10. The fourth-order valence-electron chi connectivity index (χ4n) is 5.50. The summed E-state index contributed by atoms with van der Waals surface area (Å²) >= 11 is 0. The number of carbonyl (C=O) groups excluding carboxylic acids is 3. The second kappa shape index (κ2) is 15.9. The van der Waals surface area contributed by atoms with Gasteiger partial charge in [-0.05, 0) is 61.1 Å². The summed E-state index contributed by atoms with van der Waals surface area (Å²) in [5, 5.41) is 6.31. The van der Waals surface area contributed by atoms with Crippen molar-refractivity contribution in [3.63, 3.8) is 0 Å². The molecule has 12 nitrogen and oxygen atoms in total. The number of ether oxygens (including phenoxy) is 1. The zero-order valence-corrected chi connectivity index (χ0v) is 28.8. The molecule has 0 radical (unpaired) electrons. The summed E-state index contributed by atoms with van der Waals surface area (Å²) in [4.78, 5) is 44.2. The predicted octanol–water partition coefficient (Wildman–Crippen LogP) is 4.55. The summed E-state index contributed by atoms with van der Waals surface area (Å²) in [6.07, 6.45) is 0. The molecule has 6 rings (SSSR count). The van der Waals surface area contributed by atoms with Crippen LogP contribution in [-0.4, -0.2) is 94.5 Å². The minimum Gasteiger partial charge on any atom is -0.465 e. The monoisotopic (exact) mass is 697 g/mol. The fraction of sp³-hybridized carbons (Fsp3) is 0.216. The van der Waals surface area contributed by atoms with Gasteiger partial charge in [-0.15, -0.1) is 0 Å². The largest absolute Gasteiger partial charge is 0.465 e. The molecule has 0 spiro atoms. The molecule has 3 N–H and O–H groups in total. The number of hydrogen-bond acceptors (Lipinski definition) is 9. The normalized spacial score (nSPS) is 15.6. The number of methoxy groups -OCH3 is 1. The van der Waals surface area contributed by atoms with Crippen molar-refractivity contribution in [3.05, 3.63) is 120 Å². The Morgan fingerprint density at radius 2 is 1.50 bits per heavy atom. The van der Waals surface area contributed by atoms with Gasteiger partial charge in [0.2, 0.25) is 5.91 Å². The summed E-state index contributed by atoms with van der Waals surface area (Å²) in [5.74, 6) is -0.694. The van der Waals surface area contributed by atoms with Gasteiger partial charge in [0.15, 0.2) is 0 Å². The van der Waals surface area contributed by atoms with E-state index in [9.17, 15) is 22.8 Å². The van der Waals surface area contributed by atoms with Gasteiger partial charge in [-0.3, -0.25) is 19.0 Å². The Balaban J connectivity index is 0.000000418. The van der Waals surface area contributed by atoms with Gasteiger partial charge in [-0.2, -0.15) is 8.42 Å². The van der Waals surface area contributed by atoms with Crippen LogP contribution in [0.15, 0.2) is 108 Å². The highest BCUT2D eigenvalue weighted by Crippen LogP contribution is 2.38. The standard InChI is InChI=1S/C31H33N5O4.C6H6O3S/c1-34-15-17-36(18-16-34)20-27(37)35(2)24-12-10-23(11-13-24)32-29(21-7-5-4-6-8-21)28-25-14-9-22(31(39)40-3)19-26(25)33-30(28)38;7-10(8,9)6-4-2-1-3-5-6/h4-14,19,32H,15-18,20H2,1-3H3,(H,33,38);1-5H,(H,7,8,9)/b29-28-;. The number of nitrogens with one attached hydrogen (secondary N) is 2. The second-order valence-corrected chi connectivity index (χ2v) is 13.2. The van der Waals surface area contributed by atoms with Crippen LogP contribution in [0.1, 0.15) is 21.5 Å². The van der Waals surface area contributed by atoms with Crippen LogP contribution in [0.25, 0.3) is 11.3 Å². The number of likely N-dealkylation sites (N-methyl/N-ethyl adjacent to an activating group) is 2. The van der Waals surface area contributed by atoms with Crippen LogP contribution in [0.4, 0.5) is 17.1 Å². The maximum atomic E-state index is 13.2. The molecule has 0 unspecified atom stereocenters. The number of piperazine rings is 1. The molecule has 4 aromatic carbocycles. The molecule has 0 atom stereocenters. The SMILES string of the molecule is COC(=O)c1ccc2c(c1)NC(=O)/C2=C(\Nc1ccc(N(C)C(=O)CN2CCN(C)CC2)cc1)c1ccccc1.O=S(=O)(O)c1ccccc1. The lowest BCUT2D eigenvalue weighted by Crippen LogP contribution is -2.48. The number of benzene rings is 4. The topological polar surface area (TPSA) is 149 Å². The molecule has 4 aromatic rings. The highest BCUT2D eigenvalue weighted by Gasteiger charge is 2.29. The molecule has 260 valence electrons. The molecular formula is C37H39N5O7S. The number of rotatable bonds is 8. The summed E-state index contributed by atoms with van der Waals surface area (Å²) in [6, 6.07) is 29.6. The first-order chi connectivity index (χ1) is 23.9. The number of fused-ring (bicyclic) bond motifs is 1. The van der Waals surface area contributed by atoms with Crippen molar-refractivity contribution in [2.45, 2.75) is 4.90 Å². The molecular weight excluding hydrogens is 659 g/mol.